The van der Waals surface area contributed by atoms with Crippen molar-refractivity contribution in [2.75, 3.05) is 19.6 Å². The van der Waals surface area contributed by atoms with Crippen LogP contribution < -0.4 is 5.32 Å². The van der Waals surface area contributed by atoms with Crippen LogP contribution in [-0.2, 0) is 4.79 Å². The molecule has 0 saturated carbocycles. The number of hydrogen-bond donors (Lipinski definition) is 1. The van der Waals surface area contributed by atoms with E-state index < -0.39 is 0 Å². The smallest absolute Gasteiger partial charge is 0.237 e. The van der Waals surface area contributed by atoms with Crippen LogP contribution in [0.5, 0.6) is 0 Å². The van der Waals surface area contributed by atoms with Crippen molar-refractivity contribution in [3.8, 4) is 6.07 Å². The molecular formula is C11H19N3O. The quantitative estimate of drug-likeness (QED) is 0.746. The first-order chi connectivity index (χ1) is 7.19. The lowest BCUT2D eigenvalue weighted by atomic mass is 9.98. The molecule has 1 aliphatic rings. The first-order valence-electron chi connectivity index (χ1n) is 5.60. The number of amides is 1. The van der Waals surface area contributed by atoms with Gasteiger partial charge < -0.3 is 5.32 Å². The largest absolute Gasteiger partial charge is 0.355 e. The minimum Gasteiger partial charge on any atom is -0.355 e. The molecule has 15 heavy (non-hydrogen) atoms. The van der Waals surface area contributed by atoms with Crippen LogP contribution >= 0.6 is 0 Å². The average Bonchev–Trinajstić information content (AvgIpc) is 2.28. The molecule has 0 aromatic rings. The maximum atomic E-state index is 11.6. The number of carbonyl (C=O) groups excluding carboxylic acids is 1. The van der Waals surface area contributed by atoms with Crippen LogP contribution in [-0.4, -0.2) is 36.5 Å². The lowest BCUT2D eigenvalue weighted by Gasteiger charge is -2.33. The zero-order chi connectivity index (χ0) is 11.3. The number of hydrogen-bond acceptors (Lipinski definition) is 3. The molecule has 0 aromatic heterocycles. The van der Waals surface area contributed by atoms with Crippen molar-refractivity contribution in [2.24, 2.45) is 5.92 Å². The molecule has 1 heterocycles. The van der Waals surface area contributed by atoms with Crippen molar-refractivity contribution in [1.82, 2.24) is 10.2 Å². The predicted molar refractivity (Wildman–Crippen MR) is 58.1 cm³/mol. The van der Waals surface area contributed by atoms with Gasteiger partial charge in [0.25, 0.3) is 0 Å². The van der Waals surface area contributed by atoms with E-state index >= 15 is 0 Å². The van der Waals surface area contributed by atoms with E-state index in [1.807, 2.05) is 13.8 Å². The zero-order valence-corrected chi connectivity index (χ0v) is 9.49. The Hall–Kier alpha value is -1.08. The normalized spacial score (nSPS) is 24.2. The van der Waals surface area contributed by atoms with Gasteiger partial charge in [-0.15, -0.1) is 0 Å². The van der Waals surface area contributed by atoms with Gasteiger partial charge in [0.15, 0.2) is 0 Å². The number of carbonyl (C=O) groups is 1. The highest BCUT2D eigenvalue weighted by molar-refractivity contribution is 5.81. The minimum absolute atomic E-state index is 0.0658. The Morgan fingerprint density at radius 2 is 2.47 bits per heavy atom. The summed E-state index contributed by atoms with van der Waals surface area (Å²) in [4.78, 5) is 13.7. The second-order valence-corrected chi connectivity index (χ2v) is 4.03. The Labute approximate surface area is 91.2 Å². The standard InChI is InChI=1S/C11H19N3O/c1-3-13-11(15)9(2)14-6-4-5-10(7-12)8-14/h9-10H,3-6,8H2,1-2H3,(H,13,15). The molecule has 0 spiro atoms. The van der Waals surface area contributed by atoms with Gasteiger partial charge in [-0.05, 0) is 33.2 Å². The number of rotatable bonds is 3. The Balaban J connectivity index is 2.48. The van der Waals surface area contributed by atoms with Gasteiger partial charge in [-0.25, -0.2) is 0 Å². The van der Waals surface area contributed by atoms with Crippen molar-refractivity contribution in [1.29, 1.82) is 5.26 Å². The van der Waals surface area contributed by atoms with Crippen molar-refractivity contribution in [3.63, 3.8) is 0 Å². The molecule has 1 rings (SSSR count). The molecule has 0 aromatic carbocycles. The molecule has 1 saturated heterocycles. The number of nitrogens with one attached hydrogen (secondary N) is 1. The van der Waals surface area contributed by atoms with Crippen LogP contribution in [0.4, 0.5) is 0 Å². The molecule has 4 nitrogen and oxygen atoms in total. The maximum absolute atomic E-state index is 11.6. The Morgan fingerprint density at radius 3 is 3.07 bits per heavy atom. The highest BCUT2D eigenvalue weighted by atomic mass is 16.2. The monoisotopic (exact) mass is 209 g/mol. The lowest BCUT2D eigenvalue weighted by Crippen LogP contribution is -2.48. The van der Waals surface area contributed by atoms with Gasteiger partial charge in [0.1, 0.15) is 0 Å². The summed E-state index contributed by atoms with van der Waals surface area (Å²) in [5.41, 5.74) is 0. The molecule has 1 aliphatic heterocycles. The molecule has 0 radical (unpaired) electrons. The van der Waals surface area contributed by atoms with Crippen molar-refractivity contribution in [3.05, 3.63) is 0 Å². The van der Waals surface area contributed by atoms with E-state index in [2.05, 4.69) is 16.3 Å². The highest BCUT2D eigenvalue weighted by Crippen LogP contribution is 2.17. The summed E-state index contributed by atoms with van der Waals surface area (Å²) in [5.74, 6) is 0.159. The van der Waals surface area contributed by atoms with E-state index in [1.165, 1.54) is 0 Å². The topological polar surface area (TPSA) is 56.1 Å². The fourth-order valence-corrected chi connectivity index (χ4v) is 1.95. The van der Waals surface area contributed by atoms with E-state index in [0.29, 0.717) is 6.54 Å². The number of nitrogens with zero attached hydrogens (tertiary/aromatic N) is 2. The number of nitriles is 1. The van der Waals surface area contributed by atoms with Gasteiger partial charge in [0.05, 0.1) is 18.0 Å². The van der Waals surface area contributed by atoms with E-state index in [0.717, 1.165) is 25.9 Å². The van der Waals surface area contributed by atoms with E-state index in [9.17, 15) is 4.79 Å². The summed E-state index contributed by atoms with van der Waals surface area (Å²) in [7, 11) is 0. The van der Waals surface area contributed by atoms with Gasteiger partial charge in [0, 0.05) is 13.1 Å². The van der Waals surface area contributed by atoms with Gasteiger partial charge in [-0.1, -0.05) is 0 Å². The number of piperidine rings is 1. The summed E-state index contributed by atoms with van der Waals surface area (Å²) in [6.07, 6.45) is 1.98. The maximum Gasteiger partial charge on any atom is 0.237 e. The fraction of sp³-hybridized carbons (Fsp3) is 0.818. The van der Waals surface area contributed by atoms with E-state index in [4.69, 9.17) is 5.26 Å². The third-order valence-electron chi connectivity index (χ3n) is 2.91. The average molecular weight is 209 g/mol. The predicted octanol–water partition coefficient (Wildman–Crippen LogP) is 0.747. The van der Waals surface area contributed by atoms with E-state index in [1.54, 1.807) is 0 Å². The zero-order valence-electron chi connectivity index (χ0n) is 9.49. The molecule has 2 unspecified atom stereocenters. The van der Waals surface area contributed by atoms with Crippen LogP contribution in [0.1, 0.15) is 26.7 Å². The first kappa shape index (κ1) is 12.0. The third kappa shape index (κ3) is 3.21. The Morgan fingerprint density at radius 1 is 1.73 bits per heavy atom. The fourth-order valence-electron chi connectivity index (χ4n) is 1.95. The van der Waals surface area contributed by atoms with E-state index in [-0.39, 0.29) is 17.9 Å². The molecule has 0 bridgehead atoms. The van der Waals surface area contributed by atoms with Gasteiger partial charge in [0.2, 0.25) is 5.91 Å². The second kappa shape index (κ2) is 5.72. The molecular weight excluding hydrogens is 190 g/mol. The Bertz CT molecular complexity index is 259. The van der Waals surface area contributed by atoms with Crippen molar-refractivity contribution in [2.45, 2.75) is 32.7 Å². The van der Waals surface area contributed by atoms with Crippen LogP contribution in [0.25, 0.3) is 0 Å². The van der Waals surface area contributed by atoms with Gasteiger partial charge >= 0.3 is 0 Å². The SMILES string of the molecule is CCNC(=O)C(C)N1CCCC(C#N)C1. The van der Waals surface area contributed by atoms with Crippen LogP contribution in [0.2, 0.25) is 0 Å². The van der Waals surface area contributed by atoms with Gasteiger partial charge in [-0.2, -0.15) is 5.26 Å². The summed E-state index contributed by atoms with van der Waals surface area (Å²) in [6, 6.07) is 2.18. The van der Waals surface area contributed by atoms with Crippen LogP contribution in [0.3, 0.4) is 0 Å². The second-order valence-electron chi connectivity index (χ2n) is 4.03. The minimum atomic E-state index is -0.110. The van der Waals surface area contributed by atoms with Crippen molar-refractivity contribution < 1.29 is 4.79 Å². The Kier molecular flexibility index (Phi) is 4.57. The molecule has 4 heteroatoms. The lowest BCUT2D eigenvalue weighted by molar-refractivity contribution is -0.126. The summed E-state index contributed by atoms with van der Waals surface area (Å²) in [6.45, 7) is 6.15. The molecule has 84 valence electrons. The number of likely N-dealkylation sites (tertiary alicyclic amines) is 1. The first-order valence-corrected chi connectivity index (χ1v) is 5.60. The van der Waals surface area contributed by atoms with Crippen LogP contribution in [0.15, 0.2) is 0 Å². The molecule has 1 N–H and O–H groups in total. The highest BCUT2D eigenvalue weighted by Gasteiger charge is 2.26. The summed E-state index contributed by atoms with van der Waals surface area (Å²) < 4.78 is 0. The molecule has 1 fully saturated rings. The molecule has 2 atom stereocenters. The molecule has 1 amide bonds. The third-order valence-corrected chi connectivity index (χ3v) is 2.91. The van der Waals surface area contributed by atoms with Crippen LogP contribution in [0, 0.1) is 17.2 Å². The molecule has 0 aliphatic carbocycles. The summed E-state index contributed by atoms with van der Waals surface area (Å²) in [5, 5.41) is 11.7. The number of likely N-dealkylation sites (N-methyl/N-ethyl adjacent to an activating group) is 1. The summed E-state index contributed by atoms with van der Waals surface area (Å²) >= 11 is 0. The van der Waals surface area contributed by atoms with Gasteiger partial charge in [-0.3, -0.25) is 9.69 Å². The van der Waals surface area contributed by atoms with Crippen molar-refractivity contribution >= 4 is 5.91 Å².